The van der Waals surface area contributed by atoms with Gasteiger partial charge in [-0.2, -0.15) is 0 Å². The Morgan fingerprint density at radius 1 is 1.27 bits per heavy atom. The Morgan fingerprint density at radius 2 is 2.14 bits per heavy atom. The summed E-state index contributed by atoms with van der Waals surface area (Å²) in [6.45, 7) is 7.20. The van der Waals surface area contributed by atoms with Crippen LogP contribution >= 0.6 is 0 Å². The Bertz CT molecular complexity index is 606. The van der Waals surface area contributed by atoms with Crippen molar-refractivity contribution in [2.24, 2.45) is 0 Å². The van der Waals surface area contributed by atoms with Gasteiger partial charge in [-0.25, -0.2) is 4.98 Å². The number of benzene rings is 1. The second-order valence-electron chi connectivity index (χ2n) is 5.19. The molecule has 0 radical (unpaired) electrons. The quantitative estimate of drug-likeness (QED) is 0.786. The zero-order valence-electron chi connectivity index (χ0n) is 13.3. The molecule has 1 aromatic heterocycles. The van der Waals surface area contributed by atoms with E-state index in [-0.39, 0.29) is 5.91 Å². The molecular formula is C17H24N4O. The van der Waals surface area contributed by atoms with Crippen molar-refractivity contribution in [2.75, 3.05) is 6.54 Å². The van der Waals surface area contributed by atoms with Crippen LogP contribution in [0.25, 0.3) is 0 Å². The van der Waals surface area contributed by atoms with Crippen molar-refractivity contribution in [3.63, 3.8) is 0 Å². The van der Waals surface area contributed by atoms with Gasteiger partial charge in [0.2, 0.25) is 0 Å². The molecule has 22 heavy (non-hydrogen) atoms. The minimum absolute atomic E-state index is 0.00905. The fraction of sp³-hybridized carbons (Fsp3) is 0.412. The van der Waals surface area contributed by atoms with Gasteiger partial charge in [0, 0.05) is 37.6 Å². The normalized spacial score (nSPS) is 10.6. The first kappa shape index (κ1) is 16.2. The molecule has 2 aromatic rings. The summed E-state index contributed by atoms with van der Waals surface area (Å²) in [6, 6.07) is 7.73. The highest BCUT2D eigenvalue weighted by Gasteiger charge is 2.05. The summed E-state index contributed by atoms with van der Waals surface area (Å²) in [7, 11) is 0. The van der Waals surface area contributed by atoms with Crippen LogP contribution in [0.1, 0.15) is 42.0 Å². The van der Waals surface area contributed by atoms with Crippen LogP contribution in [0.4, 0.5) is 0 Å². The second-order valence-corrected chi connectivity index (χ2v) is 5.19. The van der Waals surface area contributed by atoms with Crippen molar-refractivity contribution < 1.29 is 4.79 Å². The van der Waals surface area contributed by atoms with E-state index in [1.807, 2.05) is 43.6 Å². The molecule has 0 saturated carbocycles. The van der Waals surface area contributed by atoms with Crippen LogP contribution in [-0.2, 0) is 19.6 Å². The molecule has 0 atom stereocenters. The lowest BCUT2D eigenvalue weighted by Crippen LogP contribution is -2.24. The van der Waals surface area contributed by atoms with Crippen LogP contribution in [0.5, 0.6) is 0 Å². The number of carbonyl (C=O) groups is 1. The zero-order valence-corrected chi connectivity index (χ0v) is 13.3. The average Bonchev–Trinajstić information content (AvgIpc) is 3.00. The van der Waals surface area contributed by atoms with E-state index >= 15 is 0 Å². The van der Waals surface area contributed by atoms with E-state index in [0.717, 1.165) is 24.4 Å². The lowest BCUT2D eigenvalue weighted by Gasteiger charge is -2.08. The van der Waals surface area contributed by atoms with E-state index in [9.17, 15) is 4.79 Å². The molecule has 0 bridgehead atoms. The van der Waals surface area contributed by atoms with E-state index in [4.69, 9.17) is 0 Å². The molecule has 5 nitrogen and oxygen atoms in total. The maximum absolute atomic E-state index is 12.0. The Morgan fingerprint density at radius 3 is 2.91 bits per heavy atom. The first-order valence-corrected chi connectivity index (χ1v) is 7.82. The highest BCUT2D eigenvalue weighted by molar-refractivity contribution is 5.94. The number of imidazole rings is 1. The molecule has 2 rings (SSSR count). The Balaban J connectivity index is 1.89. The smallest absolute Gasteiger partial charge is 0.251 e. The third-order valence-corrected chi connectivity index (χ3v) is 3.48. The maximum Gasteiger partial charge on any atom is 0.251 e. The first-order chi connectivity index (χ1) is 10.7. The van der Waals surface area contributed by atoms with Crippen molar-refractivity contribution in [1.29, 1.82) is 0 Å². The Kier molecular flexibility index (Phi) is 6.15. The van der Waals surface area contributed by atoms with Gasteiger partial charge in [0.1, 0.15) is 5.82 Å². The van der Waals surface area contributed by atoms with Crippen LogP contribution in [0.3, 0.4) is 0 Å². The number of nitrogens with one attached hydrogen (secondary N) is 2. The highest BCUT2D eigenvalue weighted by Crippen LogP contribution is 2.06. The van der Waals surface area contributed by atoms with Gasteiger partial charge in [-0.05, 0) is 31.0 Å². The third-order valence-electron chi connectivity index (χ3n) is 3.48. The molecule has 1 amide bonds. The van der Waals surface area contributed by atoms with Crippen molar-refractivity contribution >= 4 is 5.91 Å². The van der Waals surface area contributed by atoms with Crippen LogP contribution < -0.4 is 10.6 Å². The molecule has 5 heteroatoms. The molecular weight excluding hydrogens is 276 g/mol. The average molecular weight is 300 g/mol. The van der Waals surface area contributed by atoms with Gasteiger partial charge < -0.3 is 15.2 Å². The molecule has 1 heterocycles. The molecule has 1 aromatic carbocycles. The van der Waals surface area contributed by atoms with Crippen LogP contribution in [0.2, 0.25) is 0 Å². The number of aromatic nitrogens is 2. The summed E-state index contributed by atoms with van der Waals surface area (Å²) in [5, 5.41) is 6.27. The molecule has 0 spiro atoms. The van der Waals surface area contributed by atoms with Crippen molar-refractivity contribution in [3.05, 3.63) is 53.6 Å². The predicted octanol–water partition coefficient (Wildman–Crippen LogP) is 2.33. The standard InChI is InChI=1S/C17H24N4O/c1-3-8-20-17(22)15-7-5-6-14(11-15)12-18-13-16-19-9-10-21(16)4-2/h5-7,9-11,18H,3-4,8,12-13H2,1-2H3,(H,20,22). The monoisotopic (exact) mass is 300 g/mol. The zero-order chi connectivity index (χ0) is 15.8. The molecule has 0 aliphatic heterocycles. The van der Waals surface area contributed by atoms with E-state index in [1.165, 1.54) is 0 Å². The number of aryl methyl sites for hydroxylation is 1. The maximum atomic E-state index is 12.0. The minimum Gasteiger partial charge on any atom is -0.352 e. The first-order valence-electron chi connectivity index (χ1n) is 7.82. The molecule has 2 N–H and O–H groups in total. The highest BCUT2D eigenvalue weighted by atomic mass is 16.1. The number of hydrogen-bond acceptors (Lipinski definition) is 3. The number of rotatable bonds is 8. The topological polar surface area (TPSA) is 59.0 Å². The van der Waals surface area contributed by atoms with Gasteiger partial charge in [0.15, 0.2) is 0 Å². The molecule has 0 saturated heterocycles. The van der Waals surface area contributed by atoms with Crippen molar-refractivity contribution in [1.82, 2.24) is 20.2 Å². The van der Waals surface area contributed by atoms with Gasteiger partial charge in [0.25, 0.3) is 5.91 Å². The fourth-order valence-corrected chi connectivity index (χ4v) is 2.28. The summed E-state index contributed by atoms with van der Waals surface area (Å²) >= 11 is 0. The molecule has 0 aliphatic carbocycles. The lowest BCUT2D eigenvalue weighted by molar-refractivity contribution is 0.0953. The van der Waals surface area contributed by atoms with Crippen LogP contribution in [0.15, 0.2) is 36.7 Å². The van der Waals surface area contributed by atoms with Gasteiger partial charge in [-0.3, -0.25) is 4.79 Å². The number of hydrogen-bond donors (Lipinski definition) is 2. The second kappa shape index (κ2) is 8.34. The molecule has 0 aliphatic rings. The van der Waals surface area contributed by atoms with Crippen molar-refractivity contribution in [3.8, 4) is 0 Å². The fourth-order valence-electron chi connectivity index (χ4n) is 2.28. The third kappa shape index (κ3) is 4.43. The largest absolute Gasteiger partial charge is 0.352 e. The Hall–Kier alpha value is -2.14. The summed E-state index contributed by atoms with van der Waals surface area (Å²) < 4.78 is 2.11. The van der Waals surface area contributed by atoms with Crippen molar-refractivity contribution in [2.45, 2.75) is 39.9 Å². The van der Waals surface area contributed by atoms with E-state index < -0.39 is 0 Å². The predicted molar refractivity (Wildman–Crippen MR) is 87.5 cm³/mol. The van der Waals surface area contributed by atoms with E-state index in [1.54, 1.807) is 0 Å². The number of amides is 1. The minimum atomic E-state index is -0.00905. The van der Waals surface area contributed by atoms with Gasteiger partial charge in [-0.1, -0.05) is 19.1 Å². The van der Waals surface area contributed by atoms with Gasteiger partial charge >= 0.3 is 0 Å². The summed E-state index contributed by atoms with van der Waals surface area (Å²) in [6.07, 6.45) is 4.74. The van der Waals surface area contributed by atoms with Gasteiger partial charge in [-0.15, -0.1) is 0 Å². The lowest BCUT2D eigenvalue weighted by atomic mass is 10.1. The summed E-state index contributed by atoms with van der Waals surface area (Å²) in [5.74, 6) is 1.02. The number of nitrogens with zero attached hydrogens (tertiary/aromatic N) is 2. The van der Waals surface area contributed by atoms with Crippen LogP contribution in [-0.4, -0.2) is 22.0 Å². The van der Waals surface area contributed by atoms with Gasteiger partial charge in [0.05, 0.1) is 6.54 Å². The number of carbonyl (C=O) groups excluding carboxylic acids is 1. The SMILES string of the molecule is CCCNC(=O)c1cccc(CNCc2nccn2CC)c1. The van der Waals surface area contributed by atoms with Crippen LogP contribution in [0, 0.1) is 0 Å². The summed E-state index contributed by atoms with van der Waals surface area (Å²) in [4.78, 5) is 16.3. The molecule has 118 valence electrons. The molecule has 0 unspecified atom stereocenters. The molecule has 0 fully saturated rings. The Labute approximate surface area is 131 Å². The summed E-state index contributed by atoms with van der Waals surface area (Å²) in [5.41, 5.74) is 1.81. The van der Waals surface area contributed by atoms with E-state index in [0.29, 0.717) is 25.2 Å². The van der Waals surface area contributed by atoms with E-state index in [2.05, 4.69) is 27.1 Å².